The molecule has 0 aromatic carbocycles. The maximum Gasteiger partial charge on any atom is 0.0830 e. The second-order valence-corrected chi connectivity index (χ2v) is 13.0. The Hall–Kier alpha value is -0.160. The van der Waals surface area contributed by atoms with Crippen molar-refractivity contribution in [2.24, 2.45) is 53.3 Å². The van der Waals surface area contributed by atoms with Gasteiger partial charge in [-0.1, -0.05) is 73.6 Å². The van der Waals surface area contributed by atoms with Crippen molar-refractivity contribution < 1.29 is 19.7 Å². The Bertz CT molecular complexity index is 583. The van der Waals surface area contributed by atoms with E-state index in [1.807, 2.05) is 0 Å². The molecule has 36 heavy (non-hydrogen) atoms. The maximum atomic E-state index is 11.6. The molecule has 2 N–H and O–H groups in total. The van der Waals surface area contributed by atoms with Crippen LogP contribution in [0.5, 0.6) is 0 Å². The van der Waals surface area contributed by atoms with Crippen LogP contribution in [-0.2, 0) is 9.47 Å². The van der Waals surface area contributed by atoms with Crippen molar-refractivity contribution >= 4 is 0 Å². The normalized spacial score (nSPS) is 35.7. The lowest BCUT2D eigenvalue weighted by Crippen LogP contribution is -2.48. The van der Waals surface area contributed by atoms with Gasteiger partial charge in [0.1, 0.15) is 0 Å². The second-order valence-electron chi connectivity index (χ2n) is 13.0. The van der Waals surface area contributed by atoms with Crippen molar-refractivity contribution in [3.63, 3.8) is 0 Å². The monoisotopic (exact) mass is 510 g/mol. The topological polar surface area (TPSA) is 58.9 Å². The van der Waals surface area contributed by atoms with Crippen LogP contribution in [0.4, 0.5) is 0 Å². The minimum absolute atomic E-state index is 0.0709. The van der Waals surface area contributed by atoms with E-state index in [0.29, 0.717) is 47.5 Å². The summed E-state index contributed by atoms with van der Waals surface area (Å²) < 4.78 is 12.3. The van der Waals surface area contributed by atoms with E-state index in [1.165, 1.54) is 32.1 Å². The number of hydrogen-bond donors (Lipinski definition) is 2. The van der Waals surface area contributed by atoms with Crippen molar-refractivity contribution in [2.45, 2.75) is 131 Å². The number of hydrogen-bond acceptors (Lipinski definition) is 4. The third kappa shape index (κ3) is 8.68. The Morgan fingerprint density at radius 1 is 0.778 bits per heavy atom. The van der Waals surface area contributed by atoms with Crippen LogP contribution < -0.4 is 0 Å². The molecular weight excluding hydrogens is 448 g/mol. The van der Waals surface area contributed by atoms with E-state index >= 15 is 0 Å². The fraction of sp³-hybridized carbons (Fsp3) is 1.00. The van der Waals surface area contributed by atoms with Gasteiger partial charge in [0, 0.05) is 13.2 Å². The number of rotatable bonds is 15. The van der Waals surface area contributed by atoms with Crippen LogP contribution in [0.3, 0.4) is 0 Å². The molecule has 0 saturated heterocycles. The first-order chi connectivity index (χ1) is 17.2. The third-order valence-electron chi connectivity index (χ3n) is 10.3. The smallest absolute Gasteiger partial charge is 0.0830 e. The van der Waals surface area contributed by atoms with E-state index in [0.717, 1.165) is 45.5 Å². The van der Waals surface area contributed by atoms with E-state index in [9.17, 15) is 10.2 Å². The molecule has 2 saturated carbocycles. The van der Waals surface area contributed by atoms with Gasteiger partial charge in [-0.2, -0.15) is 0 Å². The molecule has 2 aliphatic rings. The Morgan fingerprint density at radius 3 is 2.03 bits per heavy atom. The van der Waals surface area contributed by atoms with E-state index in [-0.39, 0.29) is 11.8 Å². The van der Waals surface area contributed by atoms with E-state index in [1.54, 1.807) is 0 Å². The zero-order chi connectivity index (χ0) is 26.8. The molecule has 0 aliphatic heterocycles. The molecule has 0 aromatic rings. The van der Waals surface area contributed by atoms with Crippen molar-refractivity contribution in [1.82, 2.24) is 0 Å². The molecule has 214 valence electrons. The highest BCUT2D eigenvalue weighted by atomic mass is 16.5. The predicted octanol–water partition coefficient (Wildman–Crippen LogP) is 7.35. The quantitative estimate of drug-likeness (QED) is 0.242. The first-order valence-corrected chi connectivity index (χ1v) is 15.7. The van der Waals surface area contributed by atoms with E-state index in [2.05, 4.69) is 55.4 Å². The SMILES string of the molecule is CCCC(C)OCC1C[C@H](C)CC[C@H]1C(C)C(O)C(O)C(C)[C@@H]1CC[C@@H](C)C(CCC)C1COCC. The van der Waals surface area contributed by atoms with Crippen molar-refractivity contribution in [2.75, 3.05) is 19.8 Å². The molecule has 2 rings (SSSR count). The molecule has 2 aliphatic carbocycles. The average molecular weight is 511 g/mol. The maximum absolute atomic E-state index is 11.6. The fourth-order valence-electron chi connectivity index (χ4n) is 7.92. The highest BCUT2D eigenvalue weighted by molar-refractivity contribution is 4.94. The molecule has 0 radical (unpaired) electrons. The third-order valence-corrected chi connectivity index (χ3v) is 10.3. The fourth-order valence-corrected chi connectivity index (χ4v) is 7.92. The molecule has 12 atom stereocenters. The lowest BCUT2D eigenvalue weighted by Gasteiger charge is -2.47. The van der Waals surface area contributed by atoms with E-state index < -0.39 is 12.2 Å². The molecule has 0 spiro atoms. The molecule has 4 heteroatoms. The number of aliphatic hydroxyl groups excluding tert-OH is 2. The van der Waals surface area contributed by atoms with Gasteiger partial charge in [-0.3, -0.25) is 0 Å². The number of aliphatic hydroxyl groups is 2. The molecule has 4 nitrogen and oxygen atoms in total. The highest BCUT2D eigenvalue weighted by Gasteiger charge is 2.44. The summed E-state index contributed by atoms with van der Waals surface area (Å²) in [4.78, 5) is 0. The van der Waals surface area contributed by atoms with Gasteiger partial charge in [0.25, 0.3) is 0 Å². The molecular formula is C32H62O4. The minimum atomic E-state index is -0.690. The summed E-state index contributed by atoms with van der Waals surface area (Å²) in [6, 6.07) is 0. The van der Waals surface area contributed by atoms with Gasteiger partial charge in [0.15, 0.2) is 0 Å². The Balaban J connectivity index is 2.10. The minimum Gasteiger partial charge on any atom is -0.390 e. The van der Waals surface area contributed by atoms with Crippen LogP contribution in [0.1, 0.15) is 113 Å². The van der Waals surface area contributed by atoms with Crippen LogP contribution in [0.15, 0.2) is 0 Å². The Kier molecular flexibility index (Phi) is 14.3. The summed E-state index contributed by atoms with van der Waals surface area (Å²) in [6.45, 7) is 20.2. The number of ether oxygens (including phenoxy) is 2. The van der Waals surface area contributed by atoms with Gasteiger partial charge < -0.3 is 19.7 Å². The zero-order valence-corrected chi connectivity index (χ0v) is 25.1. The van der Waals surface area contributed by atoms with Crippen molar-refractivity contribution in [1.29, 1.82) is 0 Å². The van der Waals surface area contributed by atoms with Crippen LogP contribution in [-0.4, -0.2) is 48.3 Å². The van der Waals surface area contributed by atoms with E-state index in [4.69, 9.17) is 9.47 Å². The first kappa shape index (κ1) is 32.1. The van der Waals surface area contributed by atoms with Gasteiger partial charge in [0.05, 0.1) is 24.9 Å². The lowest BCUT2D eigenvalue weighted by atomic mass is 9.60. The molecule has 0 amide bonds. The summed E-state index contributed by atoms with van der Waals surface area (Å²) in [6.07, 6.45) is 9.45. The van der Waals surface area contributed by atoms with Crippen LogP contribution in [0, 0.1) is 53.3 Å². The second kappa shape index (κ2) is 16.1. The van der Waals surface area contributed by atoms with Crippen LogP contribution in [0.2, 0.25) is 0 Å². The van der Waals surface area contributed by atoms with Crippen LogP contribution >= 0.6 is 0 Å². The van der Waals surface area contributed by atoms with Crippen molar-refractivity contribution in [3.8, 4) is 0 Å². The largest absolute Gasteiger partial charge is 0.390 e. The molecule has 8 unspecified atom stereocenters. The summed E-state index contributed by atoms with van der Waals surface area (Å²) in [5.41, 5.74) is 0. The summed E-state index contributed by atoms with van der Waals surface area (Å²) in [5, 5.41) is 23.1. The Morgan fingerprint density at radius 2 is 1.42 bits per heavy atom. The van der Waals surface area contributed by atoms with Gasteiger partial charge in [-0.15, -0.1) is 0 Å². The van der Waals surface area contributed by atoms with Crippen LogP contribution in [0.25, 0.3) is 0 Å². The van der Waals surface area contributed by atoms with Crippen molar-refractivity contribution in [3.05, 3.63) is 0 Å². The lowest BCUT2D eigenvalue weighted by molar-refractivity contribution is -0.105. The van der Waals surface area contributed by atoms with Gasteiger partial charge in [-0.25, -0.2) is 0 Å². The average Bonchev–Trinajstić information content (AvgIpc) is 2.86. The standard InChI is InChI=1S/C32H62O4/c1-9-12-23(6)36-19-26-18-21(4)14-16-28(26)24(7)31(33)32(34)25(8)29-17-15-22(5)27(13-10-2)30(29)20-35-11-3/h21-34H,9-20H2,1-8H3/t21-,22-,23?,24?,25?,26?,27?,28+,29+,30?,31?,32?/m1/s1. The Labute approximate surface area is 224 Å². The summed E-state index contributed by atoms with van der Waals surface area (Å²) in [5.74, 6) is 3.96. The first-order valence-electron chi connectivity index (χ1n) is 15.7. The summed E-state index contributed by atoms with van der Waals surface area (Å²) >= 11 is 0. The van der Waals surface area contributed by atoms with Gasteiger partial charge in [0.2, 0.25) is 0 Å². The molecule has 0 bridgehead atoms. The highest BCUT2D eigenvalue weighted by Crippen LogP contribution is 2.47. The van der Waals surface area contributed by atoms with Gasteiger partial charge in [-0.05, 0) is 92.8 Å². The molecule has 2 fully saturated rings. The zero-order valence-electron chi connectivity index (χ0n) is 25.1. The predicted molar refractivity (Wildman–Crippen MR) is 151 cm³/mol. The molecule has 0 aromatic heterocycles. The molecule has 0 heterocycles. The van der Waals surface area contributed by atoms with Gasteiger partial charge >= 0.3 is 0 Å². The summed E-state index contributed by atoms with van der Waals surface area (Å²) in [7, 11) is 0.